The van der Waals surface area contributed by atoms with Crippen molar-refractivity contribution in [3.63, 3.8) is 0 Å². The number of nitrogens with two attached hydrogens (primary N) is 1. The van der Waals surface area contributed by atoms with Crippen molar-refractivity contribution in [1.29, 1.82) is 0 Å². The summed E-state index contributed by atoms with van der Waals surface area (Å²) in [6.07, 6.45) is 2.64. The smallest absolute Gasteiger partial charge is 0.330 e. The Morgan fingerprint density at radius 2 is 1.91 bits per heavy atom. The molecule has 1 aromatic carbocycles. The van der Waals surface area contributed by atoms with Crippen LogP contribution in [0.25, 0.3) is 0 Å². The van der Waals surface area contributed by atoms with Crippen LogP contribution in [0.15, 0.2) is 32.7 Å². The average molecular weight is 496 g/mol. The molecule has 0 saturated carbocycles. The summed E-state index contributed by atoms with van der Waals surface area (Å²) in [6, 6.07) is 2.82. The topological polar surface area (TPSA) is 178 Å². The fourth-order valence-electron chi connectivity index (χ4n) is 3.26. The lowest BCUT2D eigenvalue weighted by Crippen LogP contribution is -2.42. The van der Waals surface area contributed by atoms with Crippen molar-refractivity contribution < 1.29 is 18.1 Å². The van der Waals surface area contributed by atoms with Crippen molar-refractivity contribution in [1.82, 2.24) is 9.55 Å². The lowest BCUT2D eigenvalue weighted by Gasteiger charge is -2.25. The summed E-state index contributed by atoms with van der Waals surface area (Å²) < 4.78 is 25.3. The minimum Gasteiger partial charge on any atom is -0.383 e. The van der Waals surface area contributed by atoms with Crippen LogP contribution in [-0.4, -0.2) is 41.6 Å². The number of nitrogens with zero attached hydrogens (tertiary/aromatic N) is 3. The predicted molar refractivity (Wildman–Crippen MR) is 128 cm³/mol. The molecular formula is C21H29N5O7S. The fourth-order valence-corrected chi connectivity index (χ4v) is 3.94. The number of benzene rings is 1. The first-order valence-electron chi connectivity index (χ1n) is 10.7. The number of carbonyl (C=O) groups excluding carboxylic acids is 1. The van der Waals surface area contributed by atoms with Gasteiger partial charge in [0.1, 0.15) is 5.82 Å². The van der Waals surface area contributed by atoms with Crippen LogP contribution in [0.5, 0.6) is 0 Å². The largest absolute Gasteiger partial charge is 0.383 e. The van der Waals surface area contributed by atoms with Gasteiger partial charge in [0.05, 0.1) is 9.82 Å². The Bertz CT molecular complexity index is 1310. The van der Waals surface area contributed by atoms with E-state index in [9.17, 15) is 32.9 Å². The van der Waals surface area contributed by atoms with Gasteiger partial charge in [0.25, 0.3) is 17.2 Å². The molecule has 0 aliphatic rings. The van der Waals surface area contributed by atoms with Crippen molar-refractivity contribution in [2.45, 2.75) is 51.5 Å². The normalized spacial score (nSPS) is 11.6. The summed E-state index contributed by atoms with van der Waals surface area (Å²) in [5.41, 5.74) is 3.40. The number of rotatable bonds is 10. The predicted octanol–water partition coefficient (Wildman–Crippen LogP) is 1.92. The number of sulfone groups is 1. The number of H-pyrrole nitrogens is 1. The molecule has 0 unspecified atom stereocenters. The second kappa shape index (κ2) is 10.6. The Morgan fingerprint density at radius 1 is 1.26 bits per heavy atom. The quantitative estimate of drug-likeness (QED) is 0.370. The number of amides is 1. The highest BCUT2D eigenvalue weighted by Crippen LogP contribution is 2.25. The van der Waals surface area contributed by atoms with E-state index < -0.39 is 42.5 Å². The number of nitro groups is 1. The number of carbonyl (C=O) groups is 1. The third-order valence-electron chi connectivity index (χ3n) is 5.17. The minimum absolute atomic E-state index is 0.00661. The first kappa shape index (κ1) is 26.8. The molecule has 34 heavy (non-hydrogen) atoms. The van der Waals surface area contributed by atoms with Gasteiger partial charge in [-0.15, -0.1) is 0 Å². The molecule has 186 valence electrons. The number of nitrogens with one attached hydrogen (secondary N) is 1. The molecule has 12 nitrogen and oxygen atoms in total. The van der Waals surface area contributed by atoms with E-state index in [0.29, 0.717) is 12.8 Å². The molecule has 0 atom stereocenters. The molecule has 0 radical (unpaired) electrons. The van der Waals surface area contributed by atoms with E-state index in [-0.39, 0.29) is 36.1 Å². The molecule has 13 heteroatoms. The third kappa shape index (κ3) is 6.10. The van der Waals surface area contributed by atoms with Crippen molar-refractivity contribution in [2.75, 3.05) is 23.4 Å². The second-order valence-corrected chi connectivity index (χ2v) is 10.4. The standard InChI is InChI=1S/C21H29N5O7S/c1-5-6-8-25-18(22)17(19(27)23-21(25)29)24(9-7-13(2)3)20(28)14-10-15(26(30)31)12-16(11-14)34(4,32)33/h10-13H,5-9,22H2,1-4H3,(H,23,27,29). The number of hydrogen-bond donors (Lipinski definition) is 2. The van der Waals surface area contributed by atoms with Gasteiger partial charge >= 0.3 is 5.69 Å². The highest BCUT2D eigenvalue weighted by atomic mass is 32.2. The molecule has 0 fully saturated rings. The maximum absolute atomic E-state index is 13.5. The highest BCUT2D eigenvalue weighted by Gasteiger charge is 2.28. The maximum atomic E-state index is 13.5. The Labute approximate surface area is 196 Å². The lowest BCUT2D eigenvalue weighted by molar-refractivity contribution is -0.385. The van der Waals surface area contributed by atoms with Gasteiger partial charge in [-0.3, -0.25) is 29.3 Å². The zero-order valence-electron chi connectivity index (χ0n) is 19.5. The molecule has 2 aromatic rings. The molecule has 2 rings (SSSR count). The van der Waals surface area contributed by atoms with Crippen molar-refractivity contribution in [2.24, 2.45) is 5.92 Å². The SMILES string of the molecule is CCCCn1c(N)c(N(CCC(C)C)C(=O)c2cc([N+](=O)[O-])cc(S(C)(=O)=O)c2)c(=O)[nH]c1=O. The minimum atomic E-state index is -3.88. The first-order valence-corrected chi connectivity index (χ1v) is 12.6. The Kier molecular flexibility index (Phi) is 8.37. The number of aromatic nitrogens is 2. The molecule has 0 aliphatic carbocycles. The van der Waals surface area contributed by atoms with Crippen molar-refractivity contribution >= 4 is 32.9 Å². The number of nitro benzene ring substituents is 1. The van der Waals surface area contributed by atoms with E-state index in [1.807, 2.05) is 20.8 Å². The van der Waals surface area contributed by atoms with Crippen LogP contribution in [0.1, 0.15) is 50.4 Å². The van der Waals surface area contributed by atoms with Gasteiger partial charge in [-0.1, -0.05) is 27.2 Å². The average Bonchev–Trinajstić information content (AvgIpc) is 2.74. The van der Waals surface area contributed by atoms with Crippen molar-refractivity contribution in [3.05, 3.63) is 54.7 Å². The summed E-state index contributed by atoms with van der Waals surface area (Å²) in [4.78, 5) is 52.0. The number of unbranched alkanes of at least 4 members (excludes halogenated alkanes) is 1. The Morgan fingerprint density at radius 3 is 2.44 bits per heavy atom. The summed E-state index contributed by atoms with van der Waals surface area (Å²) in [7, 11) is -3.88. The summed E-state index contributed by atoms with van der Waals surface area (Å²) in [6.45, 7) is 5.92. The molecule has 1 amide bonds. The number of anilines is 2. The number of hydrogen-bond acceptors (Lipinski definition) is 8. The van der Waals surface area contributed by atoms with Gasteiger partial charge in [-0.05, 0) is 24.8 Å². The van der Waals surface area contributed by atoms with E-state index >= 15 is 0 Å². The third-order valence-corrected chi connectivity index (χ3v) is 6.26. The van der Waals surface area contributed by atoms with Gasteiger partial charge in [-0.25, -0.2) is 13.2 Å². The molecule has 0 spiro atoms. The number of non-ortho nitro benzene ring substituents is 1. The second-order valence-electron chi connectivity index (χ2n) is 8.38. The summed E-state index contributed by atoms with van der Waals surface area (Å²) in [5.74, 6) is -0.960. The van der Waals surface area contributed by atoms with Crippen LogP contribution in [-0.2, 0) is 16.4 Å². The maximum Gasteiger partial charge on any atom is 0.330 e. The van der Waals surface area contributed by atoms with Gasteiger partial charge in [0.15, 0.2) is 15.5 Å². The molecule has 0 saturated heterocycles. The monoisotopic (exact) mass is 495 g/mol. The lowest BCUT2D eigenvalue weighted by atomic mass is 10.1. The highest BCUT2D eigenvalue weighted by molar-refractivity contribution is 7.90. The van der Waals surface area contributed by atoms with Gasteiger partial charge in [-0.2, -0.15) is 0 Å². The van der Waals surface area contributed by atoms with Crippen LogP contribution >= 0.6 is 0 Å². The first-order chi connectivity index (χ1) is 15.8. The zero-order valence-corrected chi connectivity index (χ0v) is 20.3. The van der Waals surface area contributed by atoms with Crippen LogP contribution in [0.3, 0.4) is 0 Å². The van der Waals surface area contributed by atoms with E-state index in [1.54, 1.807) is 0 Å². The van der Waals surface area contributed by atoms with Crippen LogP contribution in [0, 0.1) is 16.0 Å². The number of nitrogen functional groups attached to an aromatic ring is 1. The fraction of sp³-hybridized carbons (Fsp3) is 0.476. The van der Waals surface area contributed by atoms with Crippen LogP contribution in [0.2, 0.25) is 0 Å². The molecule has 0 bridgehead atoms. The number of aromatic amines is 1. The van der Waals surface area contributed by atoms with Crippen molar-refractivity contribution in [3.8, 4) is 0 Å². The van der Waals surface area contributed by atoms with Gasteiger partial charge < -0.3 is 10.6 Å². The molecule has 0 aliphatic heterocycles. The zero-order chi connectivity index (χ0) is 25.8. The van der Waals surface area contributed by atoms with E-state index in [0.717, 1.165) is 40.3 Å². The Hall–Kier alpha value is -3.48. The molecular weight excluding hydrogens is 466 g/mol. The van der Waals surface area contributed by atoms with E-state index in [4.69, 9.17) is 5.73 Å². The van der Waals surface area contributed by atoms with Gasteiger partial charge in [0, 0.05) is 37.0 Å². The van der Waals surface area contributed by atoms with E-state index in [2.05, 4.69) is 4.98 Å². The van der Waals surface area contributed by atoms with Gasteiger partial charge in [0.2, 0.25) is 0 Å². The summed E-state index contributed by atoms with van der Waals surface area (Å²) in [5, 5.41) is 11.4. The summed E-state index contributed by atoms with van der Waals surface area (Å²) >= 11 is 0. The van der Waals surface area contributed by atoms with Crippen LogP contribution < -0.4 is 21.9 Å². The Balaban J connectivity index is 2.76. The molecule has 3 N–H and O–H groups in total. The molecule has 1 aromatic heterocycles. The van der Waals surface area contributed by atoms with E-state index in [1.165, 1.54) is 0 Å². The molecule has 1 heterocycles. The van der Waals surface area contributed by atoms with Crippen LogP contribution in [0.4, 0.5) is 17.2 Å².